The maximum Gasteiger partial charge on any atom is 0.0949 e. The Morgan fingerprint density at radius 3 is 2.88 bits per heavy atom. The zero-order valence-electron chi connectivity index (χ0n) is 11.3. The average molecular weight is 235 g/mol. The van der Waals surface area contributed by atoms with E-state index in [1.807, 2.05) is 12.5 Å². The maximum atomic E-state index is 4.17. The van der Waals surface area contributed by atoms with Crippen LogP contribution in [0.5, 0.6) is 0 Å². The summed E-state index contributed by atoms with van der Waals surface area (Å²) in [6.45, 7) is 6.92. The standard InChI is InChI=1S/C14H25N3/c1-4-11(2)12(3)16-13-6-5-7-14(13)17-9-8-15-10-17/h8-14,16H,4-7H2,1-3H3. The van der Waals surface area contributed by atoms with Crippen LogP contribution in [-0.2, 0) is 0 Å². The lowest BCUT2D eigenvalue weighted by Crippen LogP contribution is -2.42. The Balaban J connectivity index is 1.96. The Kier molecular flexibility index (Phi) is 4.21. The molecule has 3 nitrogen and oxygen atoms in total. The van der Waals surface area contributed by atoms with Crippen molar-refractivity contribution in [1.29, 1.82) is 0 Å². The Labute approximate surface area is 105 Å². The van der Waals surface area contributed by atoms with E-state index in [2.05, 4.69) is 41.8 Å². The Bertz CT molecular complexity index is 320. The number of imidazole rings is 1. The van der Waals surface area contributed by atoms with Crippen LogP contribution in [0.2, 0.25) is 0 Å². The smallest absolute Gasteiger partial charge is 0.0949 e. The van der Waals surface area contributed by atoms with Crippen molar-refractivity contribution in [2.45, 2.75) is 64.6 Å². The van der Waals surface area contributed by atoms with Gasteiger partial charge in [-0.25, -0.2) is 4.98 Å². The van der Waals surface area contributed by atoms with E-state index in [-0.39, 0.29) is 0 Å². The molecule has 0 amide bonds. The number of nitrogens with one attached hydrogen (secondary N) is 1. The van der Waals surface area contributed by atoms with Crippen LogP contribution in [0.15, 0.2) is 18.7 Å². The van der Waals surface area contributed by atoms with E-state index >= 15 is 0 Å². The summed E-state index contributed by atoms with van der Waals surface area (Å²) in [6, 6.07) is 1.83. The zero-order chi connectivity index (χ0) is 12.3. The second kappa shape index (κ2) is 5.67. The van der Waals surface area contributed by atoms with Crippen LogP contribution in [0.25, 0.3) is 0 Å². The highest BCUT2D eigenvalue weighted by Gasteiger charge is 2.29. The molecule has 2 rings (SSSR count). The number of hydrogen-bond donors (Lipinski definition) is 1. The normalized spacial score (nSPS) is 28.2. The van der Waals surface area contributed by atoms with Gasteiger partial charge in [0.05, 0.1) is 6.33 Å². The van der Waals surface area contributed by atoms with E-state index in [0.29, 0.717) is 18.1 Å². The molecular formula is C14H25N3. The minimum Gasteiger partial charge on any atom is -0.333 e. The van der Waals surface area contributed by atoms with Crippen molar-refractivity contribution in [3.05, 3.63) is 18.7 Å². The highest BCUT2D eigenvalue weighted by molar-refractivity contribution is 4.93. The molecule has 1 N–H and O–H groups in total. The van der Waals surface area contributed by atoms with Crippen molar-refractivity contribution in [1.82, 2.24) is 14.9 Å². The lowest BCUT2D eigenvalue weighted by atomic mass is 9.99. The summed E-state index contributed by atoms with van der Waals surface area (Å²) < 4.78 is 2.27. The third-order valence-corrected chi connectivity index (χ3v) is 4.36. The van der Waals surface area contributed by atoms with E-state index in [1.54, 1.807) is 0 Å². The second-order valence-corrected chi connectivity index (χ2v) is 5.46. The van der Waals surface area contributed by atoms with E-state index in [4.69, 9.17) is 0 Å². The molecule has 17 heavy (non-hydrogen) atoms. The fourth-order valence-corrected chi connectivity index (χ4v) is 2.81. The van der Waals surface area contributed by atoms with Gasteiger partial charge >= 0.3 is 0 Å². The molecule has 0 radical (unpaired) electrons. The van der Waals surface area contributed by atoms with Gasteiger partial charge in [0.1, 0.15) is 0 Å². The maximum absolute atomic E-state index is 4.17. The van der Waals surface area contributed by atoms with Crippen LogP contribution in [0.4, 0.5) is 0 Å². The van der Waals surface area contributed by atoms with Gasteiger partial charge in [-0.3, -0.25) is 0 Å². The quantitative estimate of drug-likeness (QED) is 0.850. The molecule has 1 saturated carbocycles. The molecule has 1 aliphatic carbocycles. The van der Waals surface area contributed by atoms with Crippen molar-refractivity contribution in [3.8, 4) is 0 Å². The van der Waals surface area contributed by atoms with Crippen LogP contribution < -0.4 is 5.32 Å². The van der Waals surface area contributed by atoms with Crippen LogP contribution in [-0.4, -0.2) is 21.6 Å². The summed E-state index contributed by atoms with van der Waals surface area (Å²) in [5.41, 5.74) is 0. The minimum absolute atomic E-state index is 0.601. The first-order valence-corrected chi connectivity index (χ1v) is 6.95. The van der Waals surface area contributed by atoms with E-state index in [9.17, 15) is 0 Å². The van der Waals surface area contributed by atoms with E-state index in [1.165, 1.54) is 25.7 Å². The van der Waals surface area contributed by atoms with Gasteiger partial charge in [0, 0.05) is 30.5 Å². The highest BCUT2D eigenvalue weighted by atomic mass is 15.1. The van der Waals surface area contributed by atoms with Gasteiger partial charge in [-0.1, -0.05) is 20.3 Å². The summed E-state index contributed by atoms with van der Waals surface area (Å²) in [6.07, 6.45) is 11.1. The summed E-state index contributed by atoms with van der Waals surface area (Å²) >= 11 is 0. The van der Waals surface area contributed by atoms with Gasteiger partial charge in [-0.15, -0.1) is 0 Å². The van der Waals surface area contributed by atoms with Crippen molar-refractivity contribution in [2.24, 2.45) is 5.92 Å². The Hall–Kier alpha value is -0.830. The molecule has 0 aliphatic heterocycles. The van der Waals surface area contributed by atoms with Crippen molar-refractivity contribution < 1.29 is 0 Å². The van der Waals surface area contributed by atoms with Crippen LogP contribution in [0, 0.1) is 5.92 Å². The first kappa shape index (κ1) is 12.6. The summed E-state index contributed by atoms with van der Waals surface area (Å²) in [5, 5.41) is 3.82. The van der Waals surface area contributed by atoms with E-state index in [0.717, 1.165) is 5.92 Å². The highest BCUT2D eigenvalue weighted by Crippen LogP contribution is 2.30. The molecule has 1 aliphatic rings. The minimum atomic E-state index is 0.601. The molecule has 0 bridgehead atoms. The SMILES string of the molecule is CCC(C)C(C)NC1CCCC1n1ccnc1. The van der Waals surface area contributed by atoms with Crippen LogP contribution >= 0.6 is 0 Å². The molecule has 1 fully saturated rings. The van der Waals surface area contributed by atoms with Gasteiger partial charge in [-0.05, 0) is 32.1 Å². The largest absolute Gasteiger partial charge is 0.333 e. The molecule has 1 aromatic rings. The predicted molar refractivity (Wildman–Crippen MR) is 71.0 cm³/mol. The molecular weight excluding hydrogens is 210 g/mol. The van der Waals surface area contributed by atoms with Crippen molar-refractivity contribution >= 4 is 0 Å². The summed E-state index contributed by atoms with van der Waals surface area (Å²) in [4.78, 5) is 4.17. The third-order valence-electron chi connectivity index (χ3n) is 4.36. The third kappa shape index (κ3) is 2.89. The topological polar surface area (TPSA) is 29.9 Å². The van der Waals surface area contributed by atoms with Gasteiger partial charge in [-0.2, -0.15) is 0 Å². The molecule has 3 heteroatoms. The zero-order valence-corrected chi connectivity index (χ0v) is 11.3. The first-order chi connectivity index (χ1) is 8.22. The van der Waals surface area contributed by atoms with Gasteiger partial charge in [0.25, 0.3) is 0 Å². The number of hydrogen-bond acceptors (Lipinski definition) is 2. The predicted octanol–water partition coefficient (Wildman–Crippen LogP) is 3.00. The fraction of sp³-hybridized carbons (Fsp3) is 0.786. The second-order valence-electron chi connectivity index (χ2n) is 5.46. The first-order valence-electron chi connectivity index (χ1n) is 6.95. The molecule has 1 aromatic heterocycles. The fourth-order valence-electron chi connectivity index (χ4n) is 2.81. The van der Waals surface area contributed by atoms with Crippen molar-refractivity contribution in [3.63, 3.8) is 0 Å². The Morgan fingerprint density at radius 2 is 2.24 bits per heavy atom. The van der Waals surface area contributed by atoms with Gasteiger partial charge < -0.3 is 9.88 Å². The number of nitrogens with zero attached hydrogens (tertiary/aromatic N) is 2. The molecule has 4 unspecified atom stereocenters. The van der Waals surface area contributed by atoms with E-state index < -0.39 is 0 Å². The Morgan fingerprint density at radius 1 is 1.41 bits per heavy atom. The van der Waals surface area contributed by atoms with Crippen LogP contribution in [0.1, 0.15) is 52.5 Å². The summed E-state index contributed by atoms with van der Waals surface area (Å²) in [7, 11) is 0. The molecule has 0 spiro atoms. The number of aromatic nitrogens is 2. The summed E-state index contributed by atoms with van der Waals surface area (Å²) in [5.74, 6) is 0.749. The van der Waals surface area contributed by atoms with Crippen LogP contribution in [0.3, 0.4) is 0 Å². The molecule has 4 atom stereocenters. The number of rotatable bonds is 5. The average Bonchev–Trinajstić information content (AvgIpc) is 2.97. The lowest BCUT2D eigenvalue weighted by Gasteiger charge is -2.28. The molecule has 1 heterocycles. The van der Waals surface area contributed by atoms with Gasteiger partial charge in [0.15, 0.2) is 0 Å². The monoisotopic (exact) mass is 235 g/mol. The lowest BCUT2D eigenvalue weighted by molar-refractivity contribution is 0.306. The van der Waals surface area contributed by atoms with Crippen molar-refractivity contribution in [2.75, 3.05) is 0 Å². The molecule has 0 saturated heterocycles. The molecule has 0 aromatic carbocycles. The molecule has 96 valence electrons. The van der Waals surface area contributed by atoms with Gasteiger partial charge in [0.2, 0.25) is 0 Å².